The van der Waals surface area contributed by atoms with Crippen LogP contribution in [0, 0.1) is 0 Å². The Morgan fingerprint density at radius 3 is 2.71 bits per heavy atom. The summed E-state index contributed by atoms with van der Waals surface area (Å²) in [6.07, 6.45) is 1.66. The van der Waals surface area contributed by atoms with Crippen LogP contribution in [-0.2, 0) is 13.2 Å². The van der Waals surface area contributed by atoms with Crippen molar-refractivity contribution in [3.63, 3.8) is 0 Å². The molecule has 0 radical (unpaired) electrons. The summed E-state index contributed by atoms with van der Waals surface area (Å²) in [5.74, 6) is -0.194. The smallest absolute Gasteiger partial charge is 0.254 e. The summed E-state index contributed by atoms with van der Waals surface area (Å²) in [5.41, 5.74) is 9.80. The van der Waals surface area contributed by atoms with Crippen LogP contribution in [0.15, 0.2) is 18.2 Å². The van der Waals surface area contributed by atoms with E-state index >= 15 is 0 Å². The molecule has 3 heterocycles. The molecule has 2 aliphatic rings. The van der Waals surface area contributed by atoms with Crippen LogP contribution in [0.25, 0.3) is 11.3 Å². The van der Waals surface area contributed by atoms with Crippen molar-refractivity contribution in [3.05, 3.63) is 45.1 Å². The lowest BCUT2D eigenvalue weighted by molar-refractivity contribution is 0.0966. The first-order valence-corrected chi connectivity index (χ1v) is 10.0. The summed E-state index contributed by atoms with van der Waals surface area (Å²) in [7, 11) is 0. The van der Waals surface area contributed by atoms with Gasteiger partial charge in [0.15, 0.2) is 0 Å². The molecular weight excluding hydrogens is 399 g/mol. The Bertz CT molecular complexity index is 952. The van der Waals surface area contributed by atoms with Crippen molar-refractivity contribution >= 4 is 34.8 Å². The second kappa shape index (κ2) is 7.19. The highest BCUT2D eigenvalue weighted by molar-refractivity contribution is 6.43. The third-order valence-corrected chi connectivity index (χ3v) is 6.39. The first-order valence-electron chi connectivity index (χ1n) is 9.25. The SMILES string of the molecule is CC1(N)CCN(c2c(CO)nc(-c3cccc(Cl)c3Cl)c3c2CNC3=O)CC1. The summed E-state index contributed by atoms with van der Waals surface area (Å²) < 4.78 is 0. The van der Waals surface area contributed by atoms with Crippen molar-refractivity contribution < 1.29 is 9.90 Å². The molecule has 1 fully saturated rings. The molecule has 6 nitrogen and oxygen atoms in total. The molecule has 28 heavy (non-hydrogen) atoms. The minimum absolute atomic E-state index is 0.194. The number of amides is 1. The maximum Gasteiger partial charge on any atom is 0.254 e. The van der Waals surface area contributed by atoms with E-state index in [-0.39, 0.29) is 18.1 Å². The third-order valence-electron chi connectivity index (χ3n) is 5.58. The first-order chi connectivity index (χ1) is 13.3. The van der Waals surface area contributed by atoms with Gasteiger partial charge in [-0.2, -0.15) is 0 Å². The summed E-state index contributed by atoms with van der Waals surface area (Å²) >= 11 is 12.6. The number of aliphatic hydroxyl groups is 1. The van der Waals surface area contributed by atoms with Crippen LogP contribution in [0.4, 0.5) is 5.69 Å². The van der Waals surface area contributed by atoms with Gasteiger partial charge in [0.1, 0.15) is 0 Å². The summed E-state index contributed by atoms with van der Waals surface area (Å²) in [6.45, 7) is 3.70. The Morgan fingerprint density at radius 2 is 2.04 bits per heavy atom. The number of nitrogens with zero attached hydrogens (tertiary/aromatic N) is 2. The van der Waals surface area contributed by atoms with Crippen molar-refractivity contribution in [2.24, 2.45) is 5.73 Å². The van der Waals surface area contributed by atoms with Crippen molar-refractivity contribution in [2.75, 3.05) is 18.0 Å². The van der Waals surface area contributed by atoms with E-state index in [9.17, 15) is 9.90 Å². The van der Waals surface area contributed by atoms with Crippen LogP contribution in [0.1, 0.15) is 41.4 Å². The second-order valence-electron chi connectivity index (χ2n) is 7.69. The average molecular weight is 421 g/mol. The van der Waals surface area contributed by atoms with Gasteiger partial charge in [-0.15, -0.1) is 0 Å². The van der Waals surface area contributed by atoms with Gasteiger partial charge in [-0.25, -0.2) is 4.98 Å². The predicted molar refractivity (Wildman–Crippen MR) is 111 cm³/mol. The average Bonchev–Trinajstić information content (AvgIpc) is 3.05. The zero-order valence-electron chi connectivity index (χ0n) is 15.6. The molecule has 1 aromatic heterocycles. The lowest BCUT2D eigenvalue weighted by Crippen LogP contribution is -2.48. The van der Waals surface area contributed by atoms with Crippen LogP contribution >= 0.6 is 23.2 Å². The van der Waals surface area contributed by atoms with Crippen LogP contribution in [0.3, 0.4) is 0 Å². The number of fused-ring (bicyclic) bond motifs is 1. The molecule has 1 saturated heterocycles. The molecule has 2 aliphatic heterocycles. The highest BCUT2D eigenvalue weighted by Gasteiger charge is 2.34. The number of nitrogens with two attached hydrogens (primary N) is 1. The normalized spacial score (nSPS) is 18.2. The van der Waals surface area contributed by atoms with Crippen molar-refractivity contribution in [1.82, 2.24) is 10.3 Å². The van der Waals surface area contributed by atoms with E-state index in [4.69, 9.17) is 28.9 Å². The Hall–Kier alpha value is -1.86. The molecule has 4 N–H and O–H groups in total. The molecule has 0 saturated carbocycles. The number of hydrogen-bond donors (Lipinski definition) is 3. The number of aliphatic hydroxyl groups excluding tert-OH is 1. The van der Waals surface area contributed by atoms with E-state index in [0.717, 1.165) is 37.2 Å². The number of nitrogens with one attached hydrogen (secondary N) is 1. The van der Waals surface area contributed by atoms with Crippen molar-refractivity contribution in [1.29, 1.82) is 0 Å². The van der Waals surface area contributed by atoms with Gasteiger partial charge >= 0.3 is 0 Å². The molecule has 1 amide bonds. The van der Waals surface area contributed by atoms with Gasteiger partial charge in [-0.05, 0) is 25.8 Å². The monoisotopic (exact) mass is 420 g/mol. The number of halogens is 2. The van der Waals surface area contributed by atoms with Gasteiger partial charge in [0, 0.05) is 36.3 Å². The zero-order valence-corrected chi connectivity index (χ0v) is 17.1. The Morgan fingerprint density at radius 1 is 1.32 bits per heavy atom. The Balaban J connectivity index is 1.89. The molecule has 0 atom stereocenters. The number of carbonyl (C=O) groups excluding carboxylic acids is 1. The largest absolute Gasteiger partial charge is 0.390 e. The van der Waals surface area contributed by atoms with Gasteiger partial charge in [0.2, 0.25) is 0 Å². The Labute approximate surface area is 173 Å². The molecule has 1 aromatic carbocycles. The lowest BCUT2D eigenvalue weighted by Gasteiger charge is -2.39. The number of pyridine rings is 1. The van der Waals surface area contributed by atoms with Crippen LogP contribution < -0.4 is 16.0 Å². The number of piperidine rings is 1. The molecule has 0 aliphatic carbocycles. The number of rotatable bonds is 3. The number of benzene rings is 1. The molecule has 0 unspecified atom stereocenters. The van der Waals surface area contributed by atoms with Crippen molar-refractivity contribution in [3.8, 4) is 11.3 Å². The summed E-state index contributed by atoms with van der Waals surface area (Å²) in [4.78, 5) is 19.5. The van der Waals surface area contributed by atoms with Crippen molar-refractivity contribution in [2.45, 2.75) is 38.5 Å². The van der Waals surface area contributed by atoms with E-state index in [1.54, 1.807) is 18.2 Å². The van der Waals surface area contributed by atoms with Crippen LogP contribution in [0.2, 0.25) is 10.0 Å². The molecule has 0 spiro atoms. The number of carbonyl (C=O) groups is 1. The minimum atomic E-state index is -0.238. The van der Waals surface area contributed by atoms with Gasteiger partial charge in [0.25, 0.3) is 5.91 Å². The molecule has 2 aromatic rings. The zero-order chi connectivity index (χ0) is 20.1. The summed E-state index contributed by atoms with van der Waals surface area (Å²) in [6, 6.07) is 5.24. The maximum absolute atomic E-state index is 12.7. The number of aromatic nitrogens is 1. The van der Waals surface area contributed by atoms with E-state index in [0.29, 0.717) is 39.1 Å². The molecule has 4 rings (SSSR count). The molecular formula is C20H22Cl2N4O2. The molecule has 0 bridgehead atoms. The third kappa shape index (κ3) is 3.24. The lowest BCUT2D eigenvalue weighted by atomic mass is 9.90. The van der Waals surface area contributed by atoms with E-state index in [2.05, 4.69) is 22.1 Å². The standard InChI is InChI=1S/C20H22Cl2N4O2/c1-20(23)5-7-26(8-6-20)18-12-9-24-19(28)15(12)17(25-14(18)10-27)11-3-2-4-13(21)16(11)22/h2-4,27H,5-10,23H2,1H3,(H,24,28). The maximum atomic E-state index is 12.7. The summed E-state index contributed by atoms with van der Waals surface area (Å²) in [5, 5.41) is 13.7. The second-order valence-corrected chi connectivity index (χ2v) is 8.48. The highest BCUT2D eigenvalue weighted by atomic mass is 35.5. The quantitative estimate of drug-likeness (QED) is 0.709. The van der Waals surface area contributed by atoms with Gasteiger partial charge in [-0.1, -0.05) is 35.3 Å². The van der Waals surface area contributed by atoms with E-state index < -0.39 is 0 Å². The fraction of sp³-hybridized carbons (Fsp3) is 0.400. The minimum Gasteiger partial charge on any atom is -0.390 e. The topological polar surface area (TPSA) is 91.5 Å². The van der Waals surface area contributed by atoms with E-state index in [1.165, 1.54) is 0 Å². The van der Waals surface area contributed by atoms with Gasteiger partial charge in [-0.3, -0.25) is 4.79 Å². The molecule has 8 heteroatoms. The highest BCUT2D eigenvalue weighted by Crippen LogP contribution is 2.41. The number of anilines is 1. The van der Waals surface area contributed by atoms with Crippen LogP contribution in [0.5, 0.6) is 0 Å². The van der Waals surface area contributed by atoms with Gasteiger partial charge in [0.05, 0.1) is 39.3 Å². The van der Waals surface area contributed by atoms with Crippen LogP contribution in [-0.4, -0.2) is 34.6 Å². The first kappa shape index (κ1) is 19.5. The number of hydrogen-bond acceptors (Lipinski definition) is 5. The fourth-order valence-corrected chi connectivity index (χ4v) is 4.35. The Kier molecular flexibility index (Phi) is 5.00. The van der Waals surface area contributed by atoms with Gasteiger partial charge < -0.3 is 21.1 Å². The predicted octanol–water partition coefficient (Wildman–Crippen LogP) is 3.11. The fourth-order valence-electron chi connectivity index (χ4n) is 3.96. The molecule has 148 valence electrons. The van der Waals surface area contributed by atoms with E-state index in [1.807, 2.05) is 0 Å².